The Morgan fingerprint density at radius 3 is 2.15 bits per heavy atom. The van der Waals surface area contributed by atoms with Crippen molar-refractivity contribution in [2.24, 2.45) is 0 Å². The van der Waals surface area contributed by atoms with Crippen LogP contribution in [0.1, 0.15) is 29.0 Å². The number of nitrogens with one attached hydrogen (secondary N) is 2. The molecule has 33 heavy (non-hydrogen) atoms. The number of carbonyl (C=O) groups is 1. The fourth-order valence-electron chi connectivity index (χ4n) is 3.73. The van der Waals surface area contributed by atoms with Crippen LogP contribution in [0.4, 0.5) is 9.93 Å². The van der Waals surface area contributed by atoms with Gasteiger partial charge in [0.1, 0.15) is 30.5 Å². The molecule has 1 fully saturated rings. The maximum Gasteiger partial charge on any atom is 0.321 e. The minimum absolute atomic E-state index is 0.263. The SMILES string of the molecule is O=C(Nc1nc([C@@H]2O[C@H](CO)[C@@H](O)[C@H](O)[C@H]2O)cs1)NC(c1ccccc1)c1ccccc1. The van der Waals surface area contributed by atoms with Crippen molar-refractivity contribution < 1.29 is 30.0 Å². The molecule has 1 saturated heterocycles. The molecule has 6 N–H and O–H groups in total. The molecular formula is C23H25N3O6S. The Morgan fingerprint density at radius 1 is 0.970 bits per heavy atom. The number of aromatic nitrogens is 1. The number of aliphatic hydroxyl groups excluding tert-OH is 4. The Balaban J connectivity index is 1.47. The molecule has 4 rings (SSSR count). The van der Waals surface area contributed by atoms with Gasteiger partial charge >= 0.3 is 6.03 Å². The number of hydrogen-bond donors (Lipinski definition) is 6. The van der Waals surface area contributed by atoms with Gasteiger partial charge in [0.25, 0.3) is 0 Å². The molecule has 2 amide bonds. The van der Waals surface area contributed by atoms with Crippen molar-refractivity contribution in [1.82, 2.24) is 10.3 Å². The van der Waals surface area contributed by atoms with Crippen LogP contribution in [0.25, 0.3) is 0 Å². The average molecular weight is 472 g/mol. The summed E-state index contributed by atoms with van der Waals surface area (Å²) in [5, 5.41) is 47.1. The number of benzene rings is 2. The van der Waals surface area contributed by atoms with Crippen LogP contribution in [0.5, 0.6) is 0 Å². The van der Waals surface area contributed by atoms with E-state index in [1.54, 1.807) is 5.38 Å². The van der Waals surface area contributed by atoms with E-state index in [1.807, 2.05) is 60.7 Å². The number of carbonyl (C=O) groups excluding carboxylic acids is 1. The van der Waals surface area contributed by atoms with E-state index in [4.69, 9.17) is 4.74 Å². The summed E-state index contributed by atoms with van der Waals surface area (Å²) in [7, 11) is 0. The Kier molecular flexibility index (Phi) is 7.33. The van der Waals surface area contributed by atoms with Crippen LogP contribution < -0.4 is 10.6 Å². The summed E-state index contributed by atoms with van der Waals surface area (Å²) in [6.07, 6.45) is -6.48. The van der Waals surface area contributed by atoms with Crippen molar-refractivity contribution in [3.8, 4) is 0 Å². The fraction of sp³-hybridized carbons (Fsp3) is 0.304. The van der Waals surface area contributed by atoms with Crippen molar-refractivity contribution in [2.75, 3.05) is 11.9 Å². The highest BCUT2D eigenvalue weighted by molar-refractivity contribution is 7.13. The first-order valence-electron chi connectivity index (χ1n) is 10.4. The van der Waals surface area contributed by atoms with Crippen LogP contribution in [-0.4, -0.2) is 62.5 Å². The molecule has 9 nitrogen and oxygen atoms in total. The second-order valence-electron chi connectivity index (χ2n) is 7.68. The van der Waals surface area contributed by atoms with E-state index in [0.29, 0.717) is 0 Å². The normalized spacial score (nSPS) is 25.1. The smallest absolute Gasteiger partial charge is 0.321 e. The molecule has 2 heterocycles. The number of aliphatic hydroxyl groups is 4. The van der Waals surface area contributed by atoms with Crippen molar-refractivity contribution in [2.45, 2.75) is 36.6 Å². The van der Waals surface area contributed by atoms with Gasteiger partial charge in [-0.15, -0.1) is 11.3 Å². The predicted molar refractivity (Wildman–Crippen MR) is 122 cm³/mol. The van der Waals surface area contributed by atoms with E-state index in [1.165, 1.54) is 0 Å². The van der Waals surface area contributed by atoms with Crippen LogP contribution >= 0.6 is 11.3 Å². The molecule has 0 unspecified atom stereocenters. The van der Waals surface area contributed by atoms with Crippen LogP contribution in [-0.2, 0) is 4.74 Å². The van der Waals surface area contributed by atoms with Gasteiger partial charge in [0, 0.05) is 5.38 Å². The van der Waals surface area contributed by atoms with Gasteiger partial charge in [-0.3, -0.25) is 5.32 Å². The van der Waals surface area contributed by atoms with E-state index in [-0.39, 0.29) is 16.9 Å². The molecule has 174 valence electrons. The molecule has 3 aromatic rings. The van der Waals surface area contributed by atoms with Gasteiger partial charge in [-0.2, -0.15) is 0 Å². The highest BCUT2D eigenvalue weighted by Gasteiger charge is 2.44. The average Bonchev–Trinajstić information content (AvgIpc) is 3.30. The van der Waals surface area contributed by atoms with Crippen molar-refractivity contribution in [1.29, 1.82) is 0 Å². The van der Waals surface area contributed by atoms with Gasteiger partial charge in [-0.05, 0) is 11.1 Å². The number of thiazole rings is 1. The molecule has 5 atom stereocenters. The van der Waals surface area contributed by atoms with Gasteiger partial charge in [0.05, 0.1) is 18.3 Å². The van der Waals surface area contributed by atoms with Crippen LogP contribution in [0.3, 0.4) is 0 Å². The first-order chi connectivity index (χ1) is 16.0. The quantitative estimate of drug-likeness (QED) is 0.320. The highest BCUT2D eigenvalue weighted by Crippen LogP contribution is 2.34. The third-order valence-electron chi connectivity index (χ3n) is 5.47. The summed E-state index contributed by atoms with van der Waals surface area (Å²) in [4.78, 5) is 17.1. The number of anilines is 1. The Labute approximate surface area is 194 Å². The lowest BCUT2D eigenvalue weighted by Gasteiger charge is -2.39. The van der Waals surface area contributed by atoms with Gasteiger partial charge < -0.3 is 30.5 Å². The zero-order chi connectivity index (χ0) is 23.4. The minimum Gasteiger partial charge on any atom is -0.394 e. The lowest BCUT2D eigenvalue weighted by atomic mass is 9.94. The molecule has 1 aliphatic rings. The molecule has 0 radical (unpaired) electrons. The van der Waals surface area contributed by atoms with Gasteiger partial charge in [-0.1, -0.05) is 60.7 Å². The zero-order valence-electron chi connectivity index (χ0n) is 17.5. The van der Waals surface area contributed by atoms with E-state index in [9.17, 15) is 25.2 Å². The Bertz CT molecular complexity index is 1010. The summed E-state index contributed by atoms with van der Waals surface area (Å²) in [6.45, 7) is -0.528. The van der Waals surface area contributed by atoms with E-state index in [0.717, 1.165) is 22.5 Å². The zero-order valence-corrected chi connectivity index (χ0v) is 18.3. The standard InChI is InChI=1S/C23H25N3O6S/c27-11-16-18(28)19(29)20(30)21(32-16)15-12-33-23(24-15)26-22(31)25-17(13-7-3-1-4-8-13)14-9-5-2-6-10-14/h1-10,12,16-21,27-30H,11H2,(H2,24,25,26,31)/t16-,18-,19+,20-,21+/m1/s1. The van der Waals surface area contributed by atoms with Gasteiger partial charge in [0.15, 0.2) is 5.13 Å². The summed E-state index contributed by atoms with van der Waals surface area (Å²) >= 11 is 1.12. The molecule has 1 aliphatic heterocycles. The third-order valence-corrected chi connectivity index (χ3v) is 6.24. The molecule has 0 spiro atoms. The molecule has 0 bridgehead atoms. The number of nitrogens with zero attached hydrogens (tertiary/aromatic N) is 1. The lowest BCUT2D eigenvalue weighted by Crippen LogP contribution is -2.55. The van der Waals surface area contributed by atoms with Crippen LogP contribution in [0.15, 0.2) is 66.0 Å². The number of ether oxygens (including phenoxy) is 1. The van der Waals surface area contributed by atoms with E-state index >= 15 is 0 Å². The van der Waals surface area contributed by atoms with Crippen LogP contribution in [0, 0.1) is 0 Å². The highest BCUT2D eigenvalue weighted by atomic mass is 32.1. The third kappa shape index (κ3) is 5.22. The van der Waals surface area contributed by atoms with Gasteiger partial charge in [-0.25, -0.2) is 9.78 Å². The monoisotopic (exact) mass is 471 g/mol. The molecule has 0 saturated carbocycles. The molecule has 1 aromatic heterocycles. The van der Waals surface area contributed by atoms with Crippen molar-refractivity contribution in [3.63, 3.8) is 0 Å². The van der Waals surface area contributed by atoms with Crippen molar-refractivity contribution >= 4 is 22.5 Å². The van der Waals surface area contributed by atoms with Crippen LogP contribution in [0.2, 0.25) is 0 Å². The molecule has 10 heteroatoms. The number of urea groups is 1. The van der Waals surface area contributed by atoms with E-state index in [2.05, 4.69) is 15.6 Å². The first kappa shape index (κ1) is 23.3. The molecular weight excluding hydrogens is 446 g/mol. The number of amides is 2. The lowest BCUT2D eigenvalue weighted by molar-refractivity contribution is -0.232. The second kappa shape index (κ2) is 10.4. The van der Waals surface area contributed by atoms with Gasteiger partial charge in [0.2, 0.25) is 0 Å². The minimum atomic E-state index is -1.50. The summed E-state index contributed by atoms with van der Waals surface area (Å²) in [5.74, 6) is 0. The summed E-state index contributed by atoms with van der Waals surface area (Å²) in [6, 6.07) is 18.3. The van der Waals surface area contributed by atoms with E-state index < -0.39 is 43.2 Å². The van der Waals surface area contributed by atoms with Crippen molar-refractivity contribution in [3.05, 3.63) is 82.9 Å². The Hall–Kier alpha value is -2.86. The first-order valence-corrected chi connectivity index (χ1v) is 11.3. The second-order valence-corrected chi connectivity index (χ2v) is 8.54. The maximum atomic E-state index is 12.8. The molecule has 2 aromatic carbocycles. The number of hydrogen-bond acceptors (Lipinski definition) is 8. The Morgan fingerprint density at radius 2 is 1.58 bits per heavy atom. The molecule has 0 aliphatic carbocycles. The maximum absolute atomic E-state index is 12.8. The fourth-order valence-corrected chi connectivity index (χ4v) is 4.46. The summed E-state index contributed by atoms with van der Waals surface area (Å²) in [5.41, 5.74) is 2.11. The number of rotatable bonds is 6. The topological polar surface area (TPSA) is 144 Å². The summed E-state index contributed by atoms with van der Waals surface area (Å²) < 4.78 is 5.52. The largest absolute Gasteiger partial charge is 0.394 e. The predicted octanol–water partition coefficient (Wildman–Crippen LogP) is 1.57.